The zero-order valence-electron chi connectivity index (χ0n) is 16.3. The molecule has 8 nitrogen and oxygen atoms in total. The molecule has 150 valence electrons. The van der Waals surface area contributed by atoms with Gasteiger partial charge in [-0.05, 0) is 49.2 Å². The number of rotatable bonds is 6. The fourth-order valence-corrected chi connectivity index (χ4v) is 3.38. The van der Waals surface area contributed by atoms with Gasteiger partial charge in [-0.25, -0.2) is 9.78 Å². The first kappa shape index (κ1) is 18.1. The summed E-state index contributed by atoms with van der Waals surface area (Å²) in [6.45, 7) is 0. The maximum Gasteiger partial charge on any atom is 0.335 e. The number of carbonyl (C=O) groups is 1. The lowest BCUT2D eigenvalue weighted by molar-refractivity contribution is 0.0697. The van der Waals surface area contributed by atoms with Gasteiger partial charge >= 0.3 is 5.97 Å². The molecule has 2 aromatic heterocycles. The smallest absolute Gasteiger partial charge is 0.335 e. The Labute approximate surface area is 172 Å². The molecule has 5 rings (SSSR count). The van der Waals surface area contributed by atoms with E-state index in [1.165, 1.54) is 12.8 Å². The summed E-state index contributed by atoms with van der Waals surface area (Å²) < 4.78 is 0. The number of fused-ring (bicyclic) bond motifs is 1. The Bertz CT molecular complexity index is 1230. The van der Waals surface area contributed by atoms with Crippen LogP contribution < -0.4 is 10.2 Å². The molecule has 1 aliphatic rings. The molecule has 2 aromatic carbocycles. The summed E-state index contributed by atoms with van der Waals surface area (Å²) in [7, 11) is 1.85. The topological polar surface area (TPSA) is 107 Å². The molecular weight excluding hydrogens is 380 g/mol. The van der Waals surface area contributed by atoms with Crippen LogP contribution >= 0.6 is 0 Å². The van der Waals surface area contributed by atoms with Crippen LogP contribution in [0, 0.1) is 0 Å². The highest BCUT2D eigenvalue weighted by atomic mass is 16.4. The number of hydrogen-bond donors (Lipinski definition) is 3. The lowest BCUT2D eigenvalue weighted by Crippen LogP contribution is -2.14. The van der Waals surface area contributed by atoms with Gasteiger partial charge in [0.1, 0.15) is 5.82 Å². The minimum atomic E-state index is -0.956. The van der Waals surface area contributed by atoms with E-state index in [4.69, 9.17) is 10.1 Å². The van der Waals surface area contributed by atoms with Crippen LogP contribution in [0.25, 0.3) is 10.9 Å². The Morgan fingerprint density at radius 1 is 1.13 bits per heavy atom. The summed E-state index contributed by atoms with van der Waals surface area (Å²) in [5.41, 5.74) is 2.97. The van der Waals surface area contributed by atoms with Gasteiger partial charge in [-0.1, -0.05) is 12.1 Å². The summed E-state index contributed by atoms with van der Waals surface area (Å²) in [6.07, 6.45) is 2.40. The number of aromatic carboxylic acids is 1. The van der Waals surface area contributed by atoms with E-state index in [0.717, 1.165) is 28.1 Å². The molecule has 8 heteroatoms. The first-order chi connectivity index (χ1) is 14.6. The van der Waals surface area contributed by atoms with E-state index in [0.29, 0.717) is 17.7 Å². The Kier molecular flexibility index (Phi) is 4.31. The second-order valence-electron chi connectivity index (χ2n) is 7.41. The van der Waals surface area contributed by atoms with E-state index >= 15 is 0 Å². The third-order valence-corrected chi connectivity index (χ3v) is 5.25. The van der Waals surface area contributed by atoms with Crippen molar-refractivity contribution in [2.45, 2.75) is 18.8 Å². The molecule has 0 radical (unpaired) electrons. The highest BCUT2D eigenvalue weighted by Gasteiger charge is 2.25. The number of carboxylic acid groups (broad SMARTS) is 1. The second-order valence-corrected chi connectivity index (χ2v) is 7.41. The Morgan fingerprint density at radius 2 is 1.90 bits per heavy atom. The maximum atomic E-state index is 11.1. The van der Waals surface area contributed by atoms with Crippen LogP contribution in [0.15, 0.2) is 54.6 Å². The molecule has 0 amide bonds. The number of benzene rings is 2. The molecule has 2 heterocycles. The first-order valence-electron chi connectivity index (χ1n) is 9.75. The molecule has 0 spiro atoms. The van der Waals surface area contributed by atoms with Crippen molar-refractivity contribution in [3.05, 3.63) is 65.9 Å². The molecule has 1 saturated carbocycles. The van der Waals surface area contributed by atoms with Gasteiger partial charge in [-0.3, -0.25) is 5.10 Å². The molecule has 0 atom stereocenters. The molecule has 3 N–H and O–H groups in total. The van der Waals surface area contributed by atoms with E-state index in [1.807, 2.05) is 42.3 Å². The molecule has 1 fully saturated rings. The quantitative estimate of drug-likeness (QED) is 0.439. The Hall–Kier alpha value is -3.94. The molecular formula is C22H20N6O2. The molecule has 1 aliphatic carbocycles. The van der Waals surface area contributed by atoms with Crippen molar-refractivity contribution >= 4 is 40.1 Å². The number of nitrogens with zero attached hydrogens (tertiary/aromatic N) is 4. The SMILES string of the molecule is CN(c1ccc(C(=O)O)cc1)c1nc(Nc2cc(C3CC3)[nH]n2)c2ccccc2n1. The molecule has 30 heavy (non-hydrogen) atoms. The van der Waals surface area contributed by atoms with E-state index in [-0.39, 0.29) is 5.56 Å². The minimum Gasteiger partial charge on any atom is -0.478 e. The number of hydrogen-bond acceptors (Lipinski definition) is 6. The van der Waals surface area contributed by atoms with Crippen molar-refractivity contribution in [3.8, 4) is 0 Å². The average molecular weight is 400 g/mol. The molecule has 0 unspecified atom stereocenters. The molecule has 0 saturated heterocycles. The zero-order valence-corrected chi connectivity index (χ0v) is 16.3. The summed E-state index contributed by atoms with van der Waals surface area (Å²) in [6, 6.07) is 16.4. The van der Waals surface area contributed by atoms with Crippen molar-refractivity contribution in [3.63, 3.8) is 0 Å². The van der Waals surface area contributed by atoms with Crippen LogP contribution in [0.3, 0.4) is 0 Å². The van der Waals surface area contributed by atoms with Crippen LogP contribution in [-0.4, -0.2) is 38.3 Å². The van der Waals surface area contributed by atoms with Crippen LogP contribution in [0.4, 0.5) is 23.3 Å². The zero-order chi connectivity index (χ0) is 20.7. The van der Waals surface area contributed by atoms with Crippen LogP contribution in [0.2, 0.25) is 0 Å². The van der Waals surface area contributed by atoms with Crippen molar-refractivity contribution in [1.82, 2.24) is 20.2 Å². The normalized spacial score (nSPS) is 13.4. The molecule has 0 aliphatic heterocycles. The Morgan fingerprint density at radius 3 is 2.63 bits per heavy atom. The van der Waals surface area contributed by atoms with Gasteiger partial charge in [0.15, 0.2) is 5.82 Å². The van der Waals surface area contributed by atoms with E-state index in [1.54, 1.807) is 24.3 Å². The van der Waals surface area contributed by atoms with E-state index < -0.39 is 5.97 Å². The minimum absolute atomic E-state index is 0.235. The standard InChI is InChI=1S/C22H20N6O2/c1-28(15-10-8-14(9-11-15)21(29)30)22-23-17-5-3-2-4-16(17)20(25-22)24-19-12-18(26-27-19)13-6-7-13/h2-5,8-13H,6-7H2,1H3,(H,29,30)(H2,23,24,25,26,27). The van der Waals surface area contributed by atoms with Crippen molar-refractivity contribution in [1.29, 1.82) is 0 Å². The summed E-state index contributed by atoms with van der Waals surface area (Å²) >= 11 is 0. The largest absolute Gasteiger partial charge is 0.478 e. The van der Waals surface area contributed by atoms with Crippen molar-refractivity contribution < 1.29 is 9.90 Å². The summed E-state index contributed by atoms with van der Waals surface area (Å²) in [5.74, 6) is 1.52. The third kappa shape index (κ3) is 3.43. The molecule has 0 bridgehead atoms. The van der Waals surface area contributed by atoms with Crippen LogP contribution in [-0.2, 0) is 0 Å². The van der Waals surface area contributed by atoms with E-state index in [9.17, 15) is 4.79 Å². The highest BCUT2D eigenvalue weighted by molar-refractivity contribution is 5.92. The van der Waals surface area contributed by atoms with Crippen LogP contribution in [0.5, 0.6) is 0 Å². The third-order valence-electron chi connectivity index (χ3n) is 5.25. The number of para-hydroxylation sites is 1. The lowest BCUT2D eigenvalue weighted by atomic mass is 10.2. The maximum absolute atomic E-state index is 11.1. The summed E-state index contributed by atoms with van der Waals surface area (Å²) in [4.78, 5) is 22.4. The fraction of sp³-hybridized carbons (Fsp3) is 0.182. The van der Waals surface area contributed by atoms with Gasteiger partial charge in [0.05, 0.1) is 11.1 Å². The van der Waals surface area contributed by atoms with Crippen molar-refractivity contribution in [2.75, 3.05) is 17.3 Å². The Balaban J connectivity index is 1.51. The average Bonchev–Trinajstić information content (AvgIpc) is 3.52. The second kappa shape index (κ2) is 7.14. The number of nitrogens with one attached hydrogen (secondary N) is 2. The van der Waals surface area contributed by atoms with Gasteiger partial charge in [0, 0.05) is 35.8 Å². The number of aromatic amines is 1. The monoisotopic (exact) mass is 400 g/mol. The first-order valence-corrected chi connectivity index (χ1v) is 9.75. The lowest BCUT2D eigenvalue weighted by Gasteiger charge is -2.19. The van der Waals surface area contributed by atoms with Gasteiger partial charge in [-0.15, -0.1) is 0 Å². The van der Waals surface area contributed by atoms with Crippen LogP contribution in [0.1, 0.15) is 34.8 Å². The predicted octanol–water partition coefficient (Wildman–Crippen LogP) is 4.44. The van der Waals surface area contributed by atoms with Crippen molar-refractivity contribution in [2.24, 2.45) is 0 Å². The fourth-order valence-electron chi connectivity index (χ4n) is 3.38. The number of anilines is 4. The van der Waals surface area contributed by atoms with E-state index in [2.05, 4.69) is 20.5 Å². The number of H-pyrrole nitrogens is 1. The predicted molar refractivity (Wildman–Crippen MR) is 115 cm³/mol. The summed E-state index contributed by atoms with van der Waals surface area (Å²) in [5, 5.41) is 20.8. The number of carboxylic acids is 1. The van der Waals surface area contributed by atoms with Gasteiger partial charge in [0.2, 0.25) is 5.95 Å². The van der Waals surface area contributed by atoms with Gasteiger partial charge in [0.25, 0.3) is 0 Å². The van der Waals surface area contributed by atoms with Gasteiger partial charge in [-0.2, -0.15) is 10.1 Å². The van der Waals surface area contributed by atoms with Gasteiger partial charge < -0.3 is 15.3 Å². The molecule has 4 aromatic rings. The number of aromatic nitrogens is 4. The highest BCUT2D eigenvalue weighted by Crippen LogP contribution is 2.40.